The molecule has 2 rings (SSSR count). The zero-order chi connectivity index (χ0) is 11.8. The zero-order valence-electron chi connectivity index (χ0n) is 10.1. The first-order valence-electron chi connectivity index (χ1n) is 5.57. The molecular formula is C11H19N5. The minimum absolute atomic E-state index is 0.369. The number of hydrazine groups is 1. The lowest BCUT2D eigenvalue weighted by molar-refractivity contribution is 0.418. The number of aromatic nitrogens is 2. The van der Waals surface area contributed by atoms with Gasteiger partial charge in [0.1, 0.15) is 18.0 Å². The lowest BCUT2D eigenvalue weighted by atomic mass is 9.93. The number of rotatable bonds is 2. The fraction of sp³-hybridized carbons (Fsp3) is 0.636. The van der Waals surface area contributed by atoms with Crippen molar-refractivity contribution >= 4 is 11.6 Å². The van der Waals surface area contributed by atoms with E-state index in [2.05, 4.69) is 34.1 Å². The number of hydrogen-bond donors (Lipinski definition) is 2. The fourth-order valence-electron chi connectivity index (χ4n) is 2.20. The van der Waals surface area contributed by atoms with Crippen LogP contribution in [0.2, 0.25) is 0 Å². The summed E-state index contributed by atoms with van der Waals surface area (Å²) >= 11 is 0. The van der Waals surface area contributed by atoms with Crippen molar-refractivity contribution in [1.82, 2.24) is 9.97 Å². The Morgan fingerprint density at radius 2 is 2.19 bits per heavy atom. The van der Waals surface area contributed by atoms with Crippen molar-refractivity contribution in [1.29, 1.82) is 0 Å². The summed E-state index contributed by atoms with van der Waals surface area (Å²) in [6, 6.07) is 0. The molecule has 0 radical (unpaired) electrons. The quantitative estimate of drug-likeness (QED) is 0.582. The number of nitrogens with one attached hydrogen (secondary N) is 1. The zero-order valence-corrected chi connectivity index (χ0v) is 10.1. The molecule has 1 aromatic heterocycles. The monoisotopic (exact) mass is 221 g/mol. The summed E-state index contributed by atoms with van der Waals surface area (Å²) in [5, 5.41) is 0. The molecule has 0 bridgehead atoms. The van der Waals surface area contributed by atoms with Gasteiger partial charge in [-0.1, -0.05) is 13.8 Å². The first kappa shape index (κ1) is 11.1. The Bertz CT molecular complexity index is 388. The van der Waals surface area contributed by atoms with E-state index in [9.17, 15) is 0 Å². The highest BCUT2D eigenvalue weighted by atomic mass is 15.3. The van der Waals surface area contributed by atoms with Gasteiger partial charge in [-0.15, -0.1) is 0 Å². The van der Waals surface area contributed by atoms with Gasteiger partial charge in [0, 0.05) is 18.7 Å². The molecule has 0 aliphatic carbocycles. The number of nitrogens with two attached hydrogens (primary N) is 1. The van der Waals surface area contributed by atoms with Crippen LogP contribution in [0.15, 0.2) is 6.33 Å². The Balaban J connectivity index is 2.28. The van der Waals surface area contributed by atoms with E-state index >= 15 is 0 Å². The highest BCUT2D eigenvalue weighted by Crippen LogP contribution is 2.33. The van der Waals surface area contributed by atoms with E-state index < -0.39 is 0 Å². The topological polar surface area (TPSA) is 67.1 Å². The van der Waals surface area contributed by atoms with Crippen LogP contribution in [-0.2, 0) is 0 Å². The summed E-state index contributed by atoms with van der Waals surface area (Å²) in [7, 11) is 0. The van der Waals surface area contributed by atoms with Crippen LogP contribution in [0, 0.1) is 12.3 Å². The van der Waals surface area contributed by atoms with E-state index in [1.54, 1.807) is 6.33 Å². The predicted molar refractivity (Wildman–Crippen MR) is 65.2 cm³/mol. The third kappa shape index (κ3) is 1.95. The van der Waals surface area contributed by atoms with Gasteiger partial charge in [0.15, 0.2) is 0 Å². The van der Waals surface area contributed by atoms with Crippen molar-refractivity contribution in [2.24, 2.45) is 11.3 Å². The van der Waals surface area contributed by atoms with E-state index in [4.69, 9.17) is 5.84 Å². The number of nitrogens with zero attached hydrogens (tertiary/aromatic N) is 3. The summed E-state index contributed by atoms with van der Waals surface area (Å²) in [5.41, 5.74) is 3.99. The molecule has 0 atom stereocenters. The maximum atomic E-state index is 5.41. The van der Waals surface area contributed by atoms with Crippen LogP contribution in [0.1, 0.15) is 25.8 Å². The minimum atomic E-state index is 0.369. The van der Waals surface area contributed by atoms with Crippen LogP contribution < -0.4 is 16.2 Å². The standard InChI is InChI=1S/C11H19N5/c1-8-9(15-12)13-7-14-10(8)16-5-4-11(2,3)6-16/h7H,4-6,12H2,1-3H3,(H,13,14,15). The smallest absolute Gasteiger partial charge is 0.148 e. The van der Waals surface area contributed by atoms with Gasteiger partial charge < -0.3 is 10.3 Å². The summed E-state index contributed by atoms with van der Waals surface area (Å²) in [4.78, 5) is 10.7. The molecule has 16 heavy (non-hydrogen) atoms. The Morgan fingerprint density at radius 3 is 2.75 bits per heavy atom. The maximum absolute atomic E-state index is 5.41. The molecule has 0 spiro atoms. The second kappa shape index (κ2) is 3.90. The number of nitrogen functional groups attached to an aromatic ring is 1. The van der Waals surface area contributed by atoms with Crippen LogP contribution >= 0.6 is 0 Å². The Morgan fingerprint density at radius 1 is 1.44 bits per heavy atom. The Labute approximate surface area is 96.0 Å². The lowest BCUT2D eigenvalue weighted by Gasteiger charge is -2.22. The van der Waals surface area contributed by atoms with Crippen molar-refractivity contribution in [3.8, 4) is 0 Å². The van der Waals surface area contributed by atoms with Gasteiger partial charge in [0.2, 0.25) is 0 Å². The van der Waals surface area contributed by atoms with E-state index in [-0.39, 0.29) is 0 Å². The van der Waals surface area contributed by atoms with Gasteiger partial charge in [-0.2, -0.15) is 0 Å². The second-order valence-electron chi connectivity index (χ2n) is 5.15. The molecule has 0 unspecified atom stereocenters. The predicted octanol–water partition coefficient (Wildman–Crippen LogP) is 1.31. The van der Waals surface area contributed by atoms with Gasteiger partial charge in [-0.25, -0.2) is 15.8 Å². The Hall–Kier alpha value is -1.36. The van der Waals surface area contributed by atoms with Crippen molar-refractivity contribution < 1.29 is 0 Å². The van der Waals surface area contributed by atoms with Gasteiger partial charge in [0.05, 0.1) is 0 Å². The SMILES string of the molecule is Cc1c(NN)ncnc1N1CCC(C)(C)C1. The Kier molecular flexibility index (Phi) is 2.71. The third-order valence-corrected chi connectivity index (χ3v) is 3.17. The largest absolute Gasteiger partial charge is 0.356 e. The third-order valence-electron chi connectivity index (χ3n) is 3.17. The second-order valence-corrected chi connectivity index (χ2v) is 5.15. The van der Waals surface area contributed by atoms with Gasteiger partial charge in [0.25, 0.3) is 0 Å². The average Bonchev–Trinajstić information content (AvgIpc) is 2.59. The van der Waals surface area contributed by atoms with Gasteiger partial charge in [-0.3, -0.25) is 0 Å². The highest BCUT2D eigenvalue weighted by molar-refractivity contribution is 5.57. The van der Waals surface area contributed by atoms with Crippen molar-refractivity contribution in [2.45, 2.75) is 27.2 Å². The molecular weight excluding hydrogens is 202 g/mol. The summed E-state index contributed by atoms with van der Waals surface area (Å²) in [6.07, 6.45) is 2.75. The van der Waals surface area contributed by atoms with Crippen LogP contribution in [0.25, 0.3) is 0 Å². The summed E-state index contributed by atoms with van der Waals surface area (Å²) in [6.45, 7) is 8.65. The summed E-state index contributed by atoms with van der Waals surface area (Å²) in [5.74, 6) is 7.11. The van der Waals surface area contributed by atoms with Gasteiger partial charge >= 0.3 is 0 Å². The molecule has 1 aliphatic rings. The number of anilines is 2. The molecule has 0 amide bonds. The highest BCUT2D eigenvalue weighted by Gasteiger charge is 2.30. The molecule has 0 aromatic carbocycles. The molecule has 2 heterocycles. The first-order valence-corrected chi connectivity index (χ1v) is 5.57. The van der Waals surface area contributed by atoms with Crippen LogP contribution in [0.5, 0.6) is 0 Å². The van der Waals surface area contributed by atoms with Crippen LogP contribution in [0.3, 0.4) is 0 Å². The fourth-order valence-corrected chi connectivity index (χ4v) is 2.20. The molecule has 3 N–H and O–H groups in total. The molecule has 1 aromatic rings. The summed E-state index contributed by atoms with van der Waals surface area (Å²) < 4.78 is 0. The van der Waals surface area contributed by atoms with Crippen molar-refractivity contribution in [3.05, 3.63) is 11.9 Å². The van der Waals surface area contributed by atoms with Crippen LogP contribution in [0.4, 0.5) is 11.6 Å². The van der Waals surface area contributed by atoms with Gasteiger partial charge in [-0.05, 0) is 18.8 Å². The molecule has 5 nitrogen and oxygen atoms in total. The molecule has 1 fully saturated rings. The molecule has 88 valence electrons. The first-order chi connectivity index (χ1) is 7.53. The average molecular weight is 221 g/mol. The maximum Gasteiger partial charge on any atom is 0.148 e. The molecule has 0 saturated carbocycles. The molecule has 5 heteroatoms. The normalized spacial score (nSPS) is 18.9. The molecule has 1 aliphatic heterocycles. The van der Waals surface area contributed by atoms with E-state index in [1.165, 1.54) is 6.42 Å². The van der Waals surface area contributed by atoms with E-state index in [1.807, 2.05) is 6.92 Å². The molecule has 1 saturated heterocycles. The van der Waals surface area contributed by atoms with Crippen molar-refractivity contribution in [3.63, 3.8) is 0 Å². The number of hydrogen-bond acceptors (Lipinski definition) is 5. The minimum Gasteiger partial charge on any atom is -0.356 e. The van der Waals surface area contributed by atoms with E-state index in [0.29, 0.717) is 11.2 Å². The lowest BCUT2D eigenvalue weighted by Crippen LogP contribution is -2.25. The van der Waals surface area contributed by atoms with Crippen LogP contribution in [-0.4, -0.2) is 23.1 Å². The van der Waals surface area contributed by atoms with E-state index in [0.717, 1.165) is 24.5 Å². The van der Waals surface area contributed by atoms with Crippen molar-refractivity contribution in [2.75, 3.05) is 23.4 Å².